The van der Waals surface area contributed by atoms with E-state index in [0.717, 1.165) is 23.2 Å². The summed E-state index contributed by atoms with van der Waals surface area (Å²) < 4.78 is 5.36. The van der Waals surface area contributed by atoms with Crippen molar-refractivity contribution in [2.45, 2.75) is 38.0 Å². The number of hydroxylamine groups is 2. The Bertz CT molecular complexity index is 982. The molecule has 27 heavy (non-hydrogen) atoms. The molecule has 1 aromatic heterocycles. The molecule has 1 fully saturated rings. The molecule has 138 valence electrons. The van der Waals surface area contributed by atoms with E-state index in [-0.39, 0.29) is 18.1 Å². The Hall–Kier alpha value is -2.63. The van der Waals surface area contributed by atoms with Gasteiger partial charge in [0, 0.05) is 29.4 Å². The summed E-state index contributed by atoms with van der Waals surface area (Å²) in [5, 5.41) is 3.05. The topological polar surface area (TPSA) is 54.6 Å². The van der Waals surface area contributed by atoms with Crippen LogP contribution >= 0.6 is 0 Å². The Morgan fingerprint density at radius 2 is 1.96 bits per heavy atom. The number of carbonyl (C=O) groups excluding carboxylic acids is 1. The molecule has 2 aliphatic rings. The SMILES string of the molecule is CCOC(=O)[C@@H]1Cc2c([nH]c3ccccc23)[C@H]2C[C@@H](c3ccccc3)ON21. The maximum absolute atomic E-state index is 12.7. The summed E-state index contributed by atoms with van der Waals surface area (Å²) in [4.78, 5) is 22.6. The molecule has 0 saturated carbocycles. The number of ether oxygens (including phenoxy) is 1. The lowest BCUT2D eigenvalue weighted by Gasteiger charge is -2.34. The summed E-state index contributed by atoms with van der Waals surface area (Å²) >= 11 is 0. The first-order valence-corrected chi connectivity index (χ1v) is 9.52. The Morgan fingerprint density at radius 3 is 2.78 bits per heavy atom. The normalized spacial score (nSPS) is 24.6. The van der Waals surface area contributed by atoms with Crippen molar-refractivity contribution >= 4 is 16.9 Å². The number of aromatic amines is 1. The van der Waals surface area contributed by atoms with Gasteiger partial charge in [0.15, 0.2) is 0 Å². The number of H-pyrrole nitrogens is 1. The first-order chi connectivity index (χ1) is 13.3. The van der Waals surface area contributed by atoms with Crippen LogP contribution in [-0.4, -0.2) is 28.7 Å². The van der Waals surface area contributed by atoms with Gasteiger partial charge < -0.3 is 9.72 Å². The number of hydrogen-bond donors (Lipinski definition) is 1. The van der Waals surface area contributed by atoms with E-state index in [2.05, 4.69) is 29.2 Å². The summed E-state index contributed by atoms with van der Waals surface area (Å²) in [6, 6.07) is 18.1. The van der Waals surface area contributed by atoms with Gasteiger partial charge in [-0.2, -0.15) is 5.06 Å². The lowest BCUT2D eigenvalue weighted by molar-refractivity contribution is -0.209. The molecule has 3 aromatic rings. The summed E-state index contributed by atoms with van der Waals surface area (Å²) in [5.41, 5.74) is 4.61. The van der Waals surface area contributed by atoms with Crippen molar-refractivity contribution in [3.05, 3.63) is 71.4 Å². The molecule has 1 N–H and O–H groups in total. The number of nitrogens with zero attached hydrogens (tertiary/aromatic N) is 1. The van der Waals surface area contributed by atoms with Crippen molar-refractivity contribution in [1.29, 1.82) is 0 Å². The second-order valence-electron chi connectivity index (χ2n) is 7.15. The molecule has 0 amide bonds. The third-order valence-electron chi connectivity index (χ3n) is 5.61. The van der Waals surface area contributed by atoms with E-state index < -0.39 is 6.04 Å². The second-order valence-corrected chi connectivity index (χ2v) is 7.15. The number of nitrogens with one attached hydrogen (secondary N) is 1. The van der Waals surface area contributed by atoms with Gasteiger partial charge in [-0.3, -0.25) is 9.63 Å². The molecule has 0 bridgehead atoms. The maximum Gasteiger partial charge on any atom is 0.326 e. The van der Waals surface area contributed by atoms with Crippen LogP contribution in [0.5, 0.6) is 0 Å². The van der Waals surface area contributed by atoms with Crippen LogP contribution in [-0.2, 0) is 20.8 Å². The average Bonchev–Trinajstić information content (AvgIpc) is 3.30. The smallest absolute Gasteiger partial charge is 0.326 e. The van der Waals surface area contributed by atoms with E-state index in [4.69, 9.17) is 9.57 Å². The lowest BCUT2D eigenvalue weighted by Crippen LogP contribution is -2.45. The molecule has 0 radical (unpaired) electrons. The van der Waals surface area contributed by atoms with Crippen LogP contribution in [0.4, 0.5) is 0 Å². The Balaban J connectivity index is 1.58. The standard InChI is InChI=1S/C22H22N2O3/c1-2-26-22(25)19-12-16-15-10-6-7-11-17(15)23-21(16)18-13-20(27-24(18)19)14-8-4-3-5-9-14/h3-11,18-20,23H,2,12-13H2,1H3/t18-,19+,20+/m1/s1. The largest absolute Gasteiger partial charge is 0.465 e. The Labute approximate surface area is 157 Å². The quantitative estimate of drug-likeness (QED) is 0.714. The van der Waals surface area contributed by atoms with Crippen molar-refractivity contribution < 1.29 is 14.4 Å². The van der Waals surface area contributed by atoms with E-state index in [0.29, 0.717) is 13.0 Å². The monoisotopic (exact) mass is 362 g/mol. The van der Waals surface area contributed by atoms with Gasteiger partial charge in [-0.1, -0.05) is 48.5 Å². The molecule has 0 aliphatic carbocycles. The molecule has 5 nitrogen and oxygen atoms in total. The van der Waals surface area contributed by atoms with Crippen molar-refractivity contribution in [3.63, 3.8) is 0 Å². The van der Waals surface area contributed by atoms with E-state index in [9.17, 15) is 4.79 Å². The number of benzene rings is 2. The van der Waals surface area contributed by atoms with Gasteiger partial charge in [-0.05, 0) is 24.1 Å². The third-order valence-corrected chi connectivity index (χ3v) is 5.61. The molecule has 2 aromatic carbocycles. The minimum absolute atomic E-state index is 0.0146. The zero-order valence-corrected chi connectivity index (χ0v) is 15.2. The summed E-state index contributed by atoms with van der Waals surface area (Å²) in [6.07, 6.45) is 1.33. The molecule has 2 aliphatic heterocycles. The first-order valence-electron chi connectivity index (χ1n) is 9.52. The minimum Gasteiger partial charge on any atom is -0.465 e. The average molecular weight is 362 g/mol. The summed E-state index contributed by atoms with van der Waals surface area (Å²) in [6.45, 7) is 2.21. The number of carbonyl (C=O) groups is 1. The molecule has 5 heteroatoms. The molecule has 0 unspecified atom stereocenters. The van der Waals surface area contributed by atoms with Crippen molar-refractivity contribution in [3.8, 4) is 0 Å². The van der Waals surface area contributed by atoms with E-state index in [1.807, 2.05) is 42.3 Å². The number of hydrogen-bond acceptors (Lipinski definition) is 4. The lowest BCUT2D eigenvalue weighted by atomic mass is 9.91. The number of fused-ring (bicyclic) bond motifs is 5. The fraction of sp³-hybridized carbons (Fsp3) is 0.318. The van der Waals surface area contributed by atoms with Gasteiger partial charge in [0.1, 0.15) is 12.1 Å². The van der Waals surface area contributed by atoms with Gasteiger partial charge in [-0.25, -0.2) is 0 Å². The summed E-state index contributed by atoms with van der Waals surface area (Å²) in [5.74, 6) is -0.216. The number of aromatic nitrogens is 1. The fourth-order valence-electron chi connectivity index (χ4n) is 4.40. The van der Waals surface area contributed by atoms with Crippen molar-refractivity contribution in [1.82, 2.24) is 10.0 Å². The molecule has 1 saturated heterocycles. The van der Waals surface area contributed by atoms with Crippen LogP contribution in [0, 0.1) is 0 Å². The van der Waals surface area contributed by atoms with Gasteiger partial charge in [0.25, 0.3) is 0 Å². The van der Waals surface area contributed by atoms with Crippen LogP contribution < -0.4 is 0 Å². The Kier molecular flexibility index (Phi) is 3.99. The van der Waals surface area contributed by atoms with Gasteiger partial charge >= 0.3 is 5.97 Å². The molecule has 3 atom stereocenters. The molecular weight excluding hydrogens is 340 g/mol. The molecule has 5 rings (SSSR count). The van der Waals surface area contributed by atoms with Crippen molar-refractivity contribution in [2.24, 2.45) is 0 Å². The zero-order chi connectivity index (χ0) is 18.4. The highest BCUT2D eigenvalue weighted by Crippen LogP contribution is 2.48. The maximum atomic E-state index is 12.7. The highest BCUT2D eigenvalue weighted by Gasteiger charge is 2.48. The van der Waals surface area contributed by atoms with E-state index in [1.165, 1.54) is 10.9 Å². The van der Waals surface area contributed by atoms with Crippen molar-refractivity contribution in [2.75, 3.05) is 6.61 Å². The van der Waals surface area contributed by atoms with Crippen LogP contribution in [0.2, 0.25) is 0 Å². The third kappa shape index (κ3) is 2.66. The van der Waals surface area contributed by atoms with Crippen LogP contribution in [0.25, 0.3) is 10.9 Å². The minimum atomic E-state index is -0.421. The predicted molar refractivity (Wildman–Crippen MR) is 102 cm³/mol. The van der Waals surface area contributed by atoms with Gasteiger partial charge in [0.2, 0.25) is 0 Å². The first kappa shape index (κ1) is 16.5. The number of rotatable bonds is 3. The predicted octanol–water partition coefficient (Wildman–Crippen LogP) is 4.08. The summed E-state index contributed by atoms with van der Waals surface area (Å²) in [7, 11) is 0. The van der Waals surface area contributed by atoms with Crippen LogP contribution in [0.1, 0.15) is 42.3 Å². The molecular formula is C22H22N2O3. The van der Waals surface area contributed by atoms with Gasteiger partial charge in [0.05, 0.1) is 12.6 Å². The molecule has 3 heterocycles. The number of para-hydroxylation sites is 1. The highest BCUT2D eigenvalue weighted by atomic mass is 16.7. The Morgan fingerprint density at radius 1 is 1.19 bits per heavy atom. The van der Waals surface area contributed by atoms with Crippen LogP contribution in [0.15, 0.2) is 54.6 Å². The zero-order valence-electron chi connectivity index (χ0n) is 15.2. The van der Waals surface area contributed by atoms with Gasteiger partial charge in [-0.15, -0.1) is 0 Å². The highest BCUT2D eigenvalue weighted by molar-refractivity contribution is 5.87. The second kappa shape index (κ2) is 6.51. The number of esters is 1. The molecule has 0 spiro atoms. The fourth-order valence-corrected chi connectivity index (χ4v) is 4.40. The van der Waals surface area contributed by atoms with E-state index in [1.54, 1.807) is 0 Å². The van der Waals surface area contributed by atoms with Crippen LogP contribution in [0.3, 0.4) is 0 Å². The van der Waals surface area contributed by atoms with E-state index >= 15 is 0 Å².